The molecule has 0 aliphatic carbocycles. The molecule has 0 bridgehead atoms. The van der Waals surface area contributed by atoms with Crippen molar-refractivity contribution in [3.63, 3.8) is 0 Å². The maximum Gasteiger partial charge on any atom is 0.230 e. The molecule has 1 heterocycles. The van der Waals surface area contributed by atoms with E-state index in [4.69, 9.17) is 11.6 Å². The zero-order chi connectivity index (χ0) is 16.2. The maximum absolute atomic E-state index is 12.1. The molecule has 0 spiro atoms. The second-order valence-electron chi connectivity index (χ2n) is 5.08. The largest absolute Gasteiger partial charge is 0.349 e. The molecule has 0 saturated carbocycles. The minimum atomic E-state index is -0.00141. The number of thiazole rings is 1. The molecule has 0 radical (unpaired) electrons. The minimum absolute atomic E-state index is 0.00141. The molecule has 0 aliphatic heterocycles. The van der Waals surface area contributed by atoms with Gasteiger partial charge in [0.1, 0.15) is 0 Å². The zero-order valence-electron chi connectivity index (χ0n) is 12.5. The van der Waals surface area contributed by atoms with Crippen molar-refractivity contribution < 1.29 is 4.79 Å². The highest BCUT2D eigenvalue weighted by molar-refractivity contribution is 8.01. The standard InChI is InChI=1S/C17H15ClN2OS2/c1-11(12-5-3-2-4-6-12)19-16(21)10-22-17-20-14-9-13(18)7-8-15(14)23-17/h2-9,11H,10H2,1H3,(H,19,21)/t11-/m1/s1. The molecule has 3 nitrogen and oxygen atoms in total. The summed E-state index contributed by atoms with van der Waals surface area (Å²) in [5.74, 6) is 0.355. The van der Waals surface area contributed by atoms with Crippen LogP contribution in [0.3, 0.4) is 0 Å². The smallest absolute Gasteiger partial charge is 0.230 e. The fraction of sp³-hybridized carbons (Fsp3) is 0.176. The van der Waals surface area contributed by atoms with Crippen LogP contribution >= 0.6 is 34.7 Å². The topological polar surface area (TPSA) is 42.0 Å². The number of carbonyl (C=O) groups is 1. The lowest BCUT2D eigenvalue weighted by Crippen LogP contribution is -2.28. The SMILES string of the molecule is C[C@@H](NC(=O)CSc1nc2cc(Cl)ccc2s1)c1ccccc1. The first-order valence-corrected chi connectivity index (χ1v) is 9.33. The van der Waals surface area contributed by atoms with Crippen LogP contribution in [0.4, 0.5) is 0 Å². The van der Waals surface area contributed by atoms with Crippen molar-refractivity contribution in [1.82, 2.24) is 10.3 Å². The third kappa shape index (κ3) is 4.25. The highest BCUT2D eigenvalue weighted by Crippen LogP contribution is 2.30. The number of hydrogen-bond acceptors (Lipinski definition) is 4. The number of carbonyl (C=O) groups excluding carboxylic acids is 1. The number of amides is 1. The van der Waals surface area contributed by atoms with Gasteiger partial charge in [-0.25, -0.2) is 4.98 Å². The summed E-state index contributed by atoms with van der Waals surface area (Å²) in [7, 11) is 0. The van der Waals surface area contributed by atoms with Gasteiger partial charge in [-0.2, -0.15) is 0 Å². The minimum Gasteiger partial charge on any atom is -0.349 e. The number of nitrogens with zero attached hydrogens (tertiary/aromatic N) is 1. The highest BCUT2D eigenvalue weighted by atomic mass is 35.5. The number of halogens is 1. The van der Waals surface area contributed by atoms with Gasteiger partial charge < -0.3 is 5.32 Å². The molecule has 3 rings (SSSR count). The van der Waals surface area contributed by atoms with Crippen molar-refractivity contribution in [1.29, 1.82) is 0 Å². The van der Waals surface area contributed by atoms with E-state index in [0.717, 1.165) is 20.1 Å². The lowest BCUT2D eigenvalue weighted by Gasteiger charge is -2.13. The summed E-state index contributed by atoms with van der Waals surface area (Å²) in [4.78, 5) is 16.6. The zero-order valence-corrected chi connectivity index (χ0v) is 14.8. The molecule has 1 aromatic heterocycles. The van der Waals surface area contributed by atoms with Crippen molar-refractivity contribution in [2.75, 3.05) is 5.75 Å². The van der Waals surface area contributed by atoms with Crippen LogP contribution in [0.2, 0.25) is 5.02 Å². The molecule has 1 amide bonds. The number of thioether (sulfide) groups is 1. The molecular formula is C17H15ClN2OS2. The van der Waals surface area contributed by atoms with Gasteiger partial charge in [-0.1, -0.05) is 53.7 Å². The Balaban J connectivity index is 1.57. The Kier molecular flexibility index (Phi) is 5.20. The van der Waals surface area contributed by atoms with Crippen LogP contribution in [0.5, 0.6) is 0 Å². The van der Waals surface area contributed by atoms with Gasteiger partial charge >= 0.3 is 0 Å². The van der Waals surface area contributed by atoms with E-state index in [1.165, 1.54) is 11.8 Å². The van der Waals surface area contributed by atoms with Crippen LogP contribution in [0, 0.1) is 0 Å². The molecule has 1 atom stereocenters. The normalized spacial score (nSPS) is 12.3. The first kappa shape index (κ1) is 16.3. The van der Waals surface area contributed by atoms with Gasteiger partial charge in [0.15, 0.2) is 4.34 Å². The fourth-order valence-electron chi connectivity index (χ4n) is 2.18. The summed E-state index contributed by atoms with van der Waals surface area (Å²) in [6.07, 6.45) is 0. The van der Waals surface area contributed by atoms with Crippen LogP contribution in [0.25, 0.3) is 10.2 Å². The van der Waals surface area contributed by atoms with Crippen molar-refractivity contribution in [3.05, 3.63) is 59.1 Å². The fourth-order valence-corrected chi connectivity index (χ4v) is 4.20. The average Bonchev–Trinajstić information content (AvgIpc) is 2.95. The van der Waals surface area contributed by atoms with Crippen molar-refractivity contribution in [3.8, 4) is 0 Å². The Morgan fingerprint density at radius 2 is 2.09 bits per heavy atom. The third-order valence-electron chi connectivity index (χ3n) is 3.33. The lowest BCUT2D eigenvalue weighted by molar-refractivity contribution is -0.119. The Labute approximate surface area is 148 Å². The number of benzene rings is 2. The molecule has 0 saturated heterocycles. The molecule has 3 aromatic rings. The van der Waals surface area contributed by atoms with E-state index in [-0.39, 0.29) is 11.9 Å². The van der Waals surface area contributed by atoms with Gasteiger partial charge in [0.2, 0.25) is 5.91 Å². The molecule has 0 aliphatic rings. The van der Waals surface area contributed by atoms with Crippen molar-refractivity contribution >= 4 is 50.8 Å². The summed E-state index contributed by atoms with van der Waals surface area (Å²) in [6, 6.07) is 15.6. The van der Waals surface area contributed by atoms with Gasteiger partial charge in [-0.3, -0.25) is 4.79 Å². The predicted octanol–water partition coefficient (Wildman–Crippen LogP) is 4.92. The Hall–Kier alpha value is -1.56. The number of aromatic nitrogens is 1. The second-order valence-corrected chi connectivity index (χ2v) is 7.77. The first-order valence-electron chi connectivity index (χ1n) is 7.15. The van der Waals surface area contributed by atoms with E-state index in [2.05, 4.69) is 10.3 Å². The summed E-state index contributed by atoms with van der Waals surface area (Å²) < 4.78 is 1.96. The lowest BCUT2D eigenvalue weighted by atomic mass is 10.1. The summed E-state index contributed by atoms with van der Waals surface area (Å²) >= 11 is 8.99. The molecule has 2 aromatic carbocycles. The average molecular weight is 363 g/mol. The van der Waals surface area contributed by atoms with Gasteiger partial charge in [-0.15, -0.1) is 11.3 Å². The van der Waals surface area contributed by atoms with E-state index in [9.17, 15) is 4.79 Å². The molecule has 0 unspecified atom stereocenters. The Morgan fingerprint density at radius 3 is 2.87 bits per heavy atom. The van der Waals surface area contributed by atoms with Crippen LogP contribution in [0.15, 0.2) is 52.9 Å². The van der Waals surface area contributed by atoms with Crippen LogP contribution in [0.1, 0.15) is 18.5 Å². The second kappa shape index (κ2) is 7.34. The molecular weight excluding hydrogens is 348 g/mol. The van der Waals surface area contributed by atoms with E-state index >= 15 is 0 Å². The van der Waals surface area contributed by atoms with Crippen molar-refractivity contribution in [2.45, 2.75) is 17.3 Å². The summed E-state index contributed by atoms with van der Waals surface area (Å²) in [5, 5.41) is 3.68. The van der Waals surface area contributed by atoms with E-state index in [1.54, 1.807) is 11.3 Å². The van der Waals surface area contributed by atoms with E-state index in [0.29, 0.717) is 10.8 Å². The van der Waals surface area contributed by atoms with E-state index in [1.807, 2.05) is 55.5 Å². The van der Waals surface area contributed by atoms with Crippen LogP contribution in [-0.2, 0) is 4.79 Å². The number of rotatable bonds is 5. The van der Waals surface area contributed by atoms with Crippen molar-refractivity contribution in [2.24, 2.45) is 0 Å². The molecule has 118 valence electrons. The maximum atomic E-state index is 12.1. The molecule has 6 heteroatoms. The molecule has 23 heavy (non-hydrogen) atoms. The Morgan fingerprint density at radius 1 is 1.30 bits per heavy atom. The van der Waals surface area contributed by atoms with Crippen LogP contribution in [-0.4, -0.2) is 16.6 Å². The third-order valence-corrected chi connectivity index (χ3v) is 5.75. The van der Waals surface area contributed by atoms with Gasteiger partial charge in [-0.05, 0) is 30.7 Å². The number of fused-ring (bicyclic) bond motifs is 1. The summed E-state index contributed by atoms with van der Waals surface area (Å²) in [5.41, 5.74) is 1.98. The van der Waals surface area contributed by atoms with E-state index < -0.39 is 0 Å². The predicted molar refractivity (Wildman–Crippen MR) is 98.4 cm³/mol. The monoisotopic (exact) mass is 362 g/mol. The van der Waals surface area contributed by atoms with Gasteiger partial charge in [0.25, 0.3) is 0 Å². The quantitative estimate of drug-likeness (QED) is 0.655. The highest BCUT2D eigenvalue weighted by Gasteiger charge is 2.11. The summed E-state index contributed by atoms with van der Waals surface area (Å²) in [6.45, 7) is 1.98. The van der Waals surface area contributed by atoms with Crippen LogP contribution < -0.4 is 5.32 Å². The van der Waals surface area contributed by atoms with Gasteiger partial charge in [0.05, 0.1) is 22.0 Å². The molecule has 0 fully saturated rings. The first-order chi connectivity index (χ1) is 11.1. The van der Waals surface area contributed by atoms with Gasteiger partial charge in [0, 0.05) is 5.02 Å². The number of hydrogen-bond donors (Lipinski definition) is 1. The number of nitrogens with one attached hydrogen (secondary N) is 1. The Bertz CT molecular complexity index is 820. The molecule has 1 N–H and O–H groups in total.